The van der Waals surface area contributed by atoms with Crippen molar-refractivity contribution in [3.8, 4) is 12.3 Å². The summed E-state index contributed by atoms with van der Waals surface area (Å²) in [6.07, 6.45) is 6.07. The summed E-state index contributed by atoms with van der Waals surface area (Å²) in [6.45, 7) is 0.219. The fraction of sp³-hybridized carbons (Fsp3) is 0.273. The van der Waals surface area contributed by atoms with Gasteiger partial charge in [0.15, 0.2) is 0 Å². The zero-order chi connectivity index (χ0) is 13.8. The summed E-state index contributed by atoms with van der Waals surface area (Å²) in [5.74, 6) is 1.74. The van der Waals surface area contributed by atoms with E-state index in [1.165, 1.54) is 0 Å². The van der Waals surface area contributed by atoms with Gasteiger partial charge in [0.1, 0.15) is 5.82 Å². The monoisotopic (exact) mass is 334 g/mol. The second-order valence-corrected chi connectivity index (χ2v) is 6.10. The Kier molecular flexibility index (Phi) is 5.14. The highest BCUT2D eigenvalue weighted by atomic mass is 79.9. The molecule has 0 radical (unpaired) electrons. The second-order valence-electron chi connectivity index (χ2n) is 3.51. The molecule has 1 aromatic rings. The summed E-state index contributed by atoms with van der Waals surface area (Å²) in [5, 5.41) is 0. The van der Waals surface area contributed by atoms with E-state index in [1.807, 2.05) is 0 Å². The summed E-state index contributed by atoms with van der Waals surface area (Å²) < 4.78 is 39.4. The zero-order valence-corrected chi connectivity index (χ0v) is 11.8. The summed E-state index contributed by atoms with van der Waals surface area (Å²) in [7, 11) is -3.72. The van der Waals surface area contributed by atoms with Crippen molar-refractivity contribution in [3.05, 3.63) is 22.4 Å². The Hall–Kier alpha value is -1.10. The lowest BCUT2D eigenvalue weighted by Crippen LogP contribution is -2.25. The minimum absolute atomic E-state index is 0.0953. The molecule has 0 spiro atoms. The van der Waals surface area contributed by atoms with Gasteiger partial charge in [0.05, 0.1) is 10.6 Å². The first kappa shape index (κ1) is 15.0. The first-order valence-electron chi connectivity index (χ1n) is 5.06. The molecule has 0 atom stereocenters. The van der Waals surface area contributed by atoms with Crippen molar-refractivity contribution in [3.63, 3.8) is 0 Å². The van der Waals surface area contributed by atoms with Crippen molar-refractivity contribution in [2.24, 2.45) is 0 Å². The third kappa shape index (κ3) is 3.70. The van der Waals surface area contributed by atoms with Gasteiger partial charge in [-0.1, -0.05) is 0 Å². The SMILES string of the molecule is C#CCCCNS(=O)(=O)c1cc(N)c(F)cc1Br. The quantitative estimate of drug-likeness (QED) is 0.490. The lowest BCUT2D eigenvalue weighted by Gasteiger charge is -2.09. The number of benzene rings is 1. The average Bonchev–Trinajstić information content (AvgIpc) is 2.29. The van der Waals surface area contributed by atoms with E-state index in [2.05, 4.69) is 26.6 Å². The third-order valence-electron chi connectivity index (χ3n) is 2.13. The molecule has 0 fully saturated rings. The molecule has 0 aliphatic carbocycles. The lowest BCUT2D eigenvalue weighted by molar-refractivity contribution is 0.578. The van der Waals surface area contributed by atoms with Gasteiger partial charge in [-0.15, -0.1) is 12.3 Å². The number of unbranched alkanes of at least 4 members (excludes halogenated alkanes) is 1. The number of hydrogen-bond acceptors (Lipinski definition) is 3. The number of halogens is 2. The Morgan fingerprint density at radius 2 is 2.17 bits per heavy atom. The molecule has 98 valence electrons. The Morgan fingerprint density at radius 3 is 2.78 bits per heavy atom. The predicted molar refractivity (Wildman–Crippen MR) is 71.8 cm³/mol. The Balaban J connectivity index is 2.92. The van der Waals surface area contributed by atoms with Crippen LogP contribution in [0.2, 0.25) is 0 Å². The minimum Gasteiger partial charge on any atom is -0.396 e. The van der Waals surface area contributed by atoms with Crippen LogP contribution in [0.1, 0.15) is 12.8 Å². The fourth-order valence-corrected chi connectivity index (χ4v) is 3.35. The molecule has 18 heavy (non-hydrogen) atoms. The van der Waals surface area contributed by atoms with E-state index in [1.54, 1.807) is 0 Å². The average molecular weight is 335 g/mol. The molecule has 1 rings (SSSR count). The highest BCUT2D eigenvalue weighted by Gasteiger charge is 2.19. The van der Waals surface area contributed by atoms with Crippen LogP contribution in [0.3, 0.4) is 0 Å². The first-order valence-corrected chi connectivity index (χ1v) is 7.33. The van der Waals surface area contributed by atoms with Gasteiger partial charge in [0.25, 0.3) is 0 Å². The summed E-state index contributed by atoms with van der Waals surface area (Å²) >= 11 is 2.99. The van der Waals surface area contributed by atoms with Crippen LogP contribution in [0.4, 0.5) is 10.1 Å². The minimum atomic E-state index is -3.72. The molecule has 7 heteroatoms. The number of nitrogens with one attached hydrogen (secondary N) is 1. The van der Waals surface area contributed by atoms with Gasteiger partial charge in [-0.3, -0.25) is 0 Å². The summed E-state index contributed by atoms with van der Waals surface area (Å²) in [5.41, 5.74) is 5.13. The topological polar surface area (TPSA) is 72.2 Å². The van der Waals surface area contributed by atoms with Crippen LogP contribution < -0.4 is 10.5 Å². The molecular weight excluding hydrogens is 323 g/mol. The lowest BCUT2D eigenvalue weighted by atomic mass is 10.3. The van der Waals surface area contributed by atoms with Crippen molar-refractivity contribution in [2.45, 2.75) is 17.7 Å². The maximum absolute atomic E-state index is 13.1. The van der Waals surface area contributed by atoms with Crippen LogP contribution in [0, 0.1) is 18.2 Å². The Morgan fingerprint density at radius 1 is 1.50 bits per heavy atom. The van der Waals surface area contributed by atoms with Gasteiger partial charge >= 0.3 is 0 Å². The third-order valence-corrected chi connectivity index (χ3v) is 4.55. The molecule has 0 saturated carbocycles. The maximum Gasteiger partial charge on any atom is 0.241 e. The number of nitrogen functional groups attached to an aromatic ring is 1. The summed E-state index contributed by atoms with van der Waals surface area (Å²) in [6, 6.07) is 2.09. The maximum atomic E-state index is 13.1. The molecule has 0 heterocycles. The van der Waals surface area contributed by atoms with Gasteiger partial charge in [-0.05, 0) is 34.5 Å². The van der Waals surface area contributed by atoms with Gasteiger partial charge in [-0.25, -0.2) is 17.5 Å². The van der Waals surface area contributed by atoms with E-state index in [0.717, 1.165) is 12.1 Å². The van der Waals surface area contributed by atoms with Crippen LogP contribution in [0.15, 0.2) is 21.5 Å². The van der Waals surface area contributed by atoms with Crippen LogP contribution >= 0.6 is 15.9 Å². The smallest absolute Gasteiger partial charge is 0.241 e. The molecule has 0 bridgehead atoms. The number of terminal acetylenes is 1. The molecular formula is C11H12BrFN2O2S. The number of anilines is 1. The largest absolute Gasteiger partial charge is 0.396 e. The van der Waals surface area contributed by atoms with Gasteiger partial charge in [-0.2, -0.15) is 0 Å². The Labute approximate surface area is 114 Å². The Bertz CT molecular complexity index is 581. The molecule has 0 unspecified atom stereocenters. The van der Waals surface area contributed by atoms with E-state index in [4.69, 9.17) is 12.2 Å². The normalized spacial score (nSPS) is 11.2. The molecule has 1 aromatic carbocycles. The number of hydrogen-bond donors (Lipinski definition) is 2. The molecule has 0 amide bonds. The highest BCUT2D eigenvalue weighted by molar-refractivity contribution is 9.10. The molecule has 0 saturated heterocycles. The second kappa shape index (κ2) is 6.18. The number of sulfonamides is 1. The van der Waals surface area contributed by atoms with Crippen molar-refractivity contribution in [1.82, 2.24) is 4.72 Å². The van der Waals surface area contributed by atoms with Crippen LogP contribution in [0.5, 0.6) is 0 Å². The van der Waals surface area contributed by atoms with Gasteiger partial charge in [0, 0.05) is 17.4 Å². The van der Waals surface area contributed by atoms with Gasteiger partial charge < -0.3 is 5.73 Å². The first-order chi connectivity index (χ1) is 8.38. The molecule has 0 aromatic heterocycles. The fourth-order valence-electron chi connectivity index (χ4n) is 1.23. The predicted octanol–water partition coefficient (Wildman–Crippen LogP) is 1.86. The highest BCUT2D eigenvalue weighted by Crippen LogP contribution is 2.26. The molecule has 0 aliphatic heterocycles. The molecule has 4 nitrogen and oxygen atoms in total. The van der Waals surface area contributed by atoms with Crippen LogP contribution in [-0.4, -0.2) is 15.0 Å². The van der Waals surface area contributed by atoms with E-state index in [0.29, 0.717) is 12.8 Å². The zero-order valence-electron chi connectivity index (χ0n) is 9.41. The van der Waals surface area contributed by atoms with E-state index < -0.39 is 15.8 Å². The van der Waals surface area contributed by atoms with E-state index in [9.17, 15) is 12.8 Å². The van der Waals surface area contributed by atoms with Crippen molar-refractivity contribution < 1.29 is 12.8 Å². The summed E-state index contributed by atoms with van der Waals surface area (Å²) in [4.78, 5) is -0.0953. The molecule has 0 aliphatic rings. The van der Waals surface area contributed by atoms with Gasteiger partial charge in [0.2, 0.25) is 10.0 Å². The van der Waals surface area contributed by atoms with Crippen molar-refractivity contribution in [1.29, 1.82) is 0 Å². The van der Waals surface area contributed by atoms with Crippen molar-refractivity contribution >= 4 is 31.6 Å². The van der Waals surface area contributed by atoms with E-state index >= 15 is 0 Å². The van der Waals surface area contributed by atoms with Crippen LogP contribution in [0.25, 0.3) is 0 Å². The standard InChI is InChI=1S/C11H12BrFN2O2S/c1-2-3-4-5-15-18(16,17)11-7-10(14)9(13)6-8(11)12/h1,6-7,15H,3-5,14H2. The van der Waals surface area contributed by atoms with Crippen molar-refractivity contribution in [2.75, 3.05) is 12.3 Å². The van der Waals surface area contributed by atoms with Crippen LogP contribution in [-0.2, 0) is 10.0 Å². The van der Waals surface area contributed by atoms with E-state index in [-0.39, 0.29) is 21.6 Å². The number of nitrogens with two attached hydrogens (primary N) is 1. The molecule has 3 N–H and O–H groups in total. The number of rotatable bonds is 5.